The van der Waals surface area contributed by atoms with Gasteiger partial charge in [0.2, 0.25) is 0 Å². The highest BCUT2D eigenvalue weighted by atomic mass is 14.7. The summed E-state index contributed by atoms with van der Waals surface area (Å²) < 4.78 is 0. The van der Waals surface area contributed by atoms with Gasteiger partial charge in [-0.25, -0.2) is 4.98 Å². The molecule has 0 aliphatic heterocycles. The van der Waals surface area contributed by atoms with Crippen LogP contribution in [0.15, 0.2) is 30.4 Å². The van der Waals surface area contributed by atoms with Crippen molar-refractivity contribution >= 4 is 18.2 Å². The van der Waals surface area contributed by atoms with Gasteiger partial charge < -0.3 is 0 Å². The summed E-state index contributed by atoms with van der Waals surface area (Å²) >= 11 is 0. The molecule has 0 N–H and O–H groups in total. The smallest absolute Gasteiger partial charge is 0.0706 e. The zero-order valence-electron chi connectivity index (χ0n) is 12.4. The molecular formula is C18H23N. The Kier molecular flexibility index (Phi) is 4.04. The van der Waals surface area contributed by atoms with E-state index in [1.807, 2.05) is 19.1 Å². The van der Waals surface area contributed by atoms with Gasteiger partial charge in [-0.2, -0.15) is 0 Å². The number of nitrogens with zero attached hydrogens (tertiary/aromatic N) is 1. The Labute approximate surface area is 116 Å². The van der Waals surface area contributed by atoms with Crippen molar-refractivity contribution in [2.24, 2.45) is 11.3 Å². The van der Waals surface area contributed by atoms with E-state index in [9.17, 15) is 0 Å². The summed E-state index contributed by atoms with van der Waals surface area (Å²) in [6.45, 7) is 8.87. The molecule has 1 heterocycles. The summed E-state index contributed by atoms with van der Waals surface area (Å²) in [5.74, 6) is 0.629. The summed E-state index contributed by atoms with van der Waals surface area (Å²) in [5.41, 5.74) is 3.41. The van der Waals surface area contributed by atoms with Gasteiger partial charge in [0.25, 0.3) is 0 Å². The number of aromatic nitrogens is 1. The standard InChI is InChI=1S/C18H23N/c1-5-7-16-9-8-15-10-12-18(4,14(3)6-2)13-11-17(15)19-16/h5,7-14H,6H2,1-4H3/b7-5+. The van der Waals surface area contributed by atoms with Crippen molar-refractivity contribution in [2.75, 3.05) is 0 Å². The molecule has 1 nitrogen and oxygen atoms in total. The van der Waals surface area contributed by atoms with Gasteiger partial charge in [-0.15, -0.1) is 0 Å². The molecule has 2 unspecified atom stereocenters. The fourth-order valence-electron chi connectivity index (χ4n) is 2.39. The normalized spacial score (nSPS) is 23.4. The van der Waals surface area contributed by atoms with E-state index in [4.69, 9.17) is 0 Å². The molecule has 0 saturated carbocycles. The SMILES string of the molecule is C/C=C/c1ccc2c(n1)C=CC(C)(C(C)CC)C=C2. The van der Waals surface area contributed by atoms with Crippen molar-refractivity contribution in [2.45, 2.75) is 34.1 Å². The summed E-state index contributed by atoms with van der Waals surface area (Å²) in [7, 11) is 0. The average molecular weight is 253 g/mol. The molecule has 0 aromatic carbocycles. The third-order valence-electron chi connectivity index (χ3n) is 4.21. The summed E-state index contributed by atoms with van der Waals surface area (Å²) in [6.07, 6.45) is 14.3. The summed E-state index contributed by atoms with van der Waals surface area (Å²) in [5, 5.41) is 0. The zero-order chi connectivity index (χ0) is 13.9. The lowest BCUT2D eigenvalue weighted by molar-refractivity contribution is 0.346. The van der Waals surface area contributed by atoms with Gasteiger partial charge in [0, 0.05) is 5.41 Å². The predicted molar refractivity (Wildman–Crippen MR) is 84.6 cm³/mol. The van der Waals surface area contributed by atoms with Crippen LogP contribution in [-0.4, -0.2) is 4.98 Å². The molecule has 2 rings (SSSR count). The van der Waals surface area contributed by atoms with Gasteiger partial charge >= 0.3 is 0 Å². The second-order valence-electron chi connectivity index (χ2n) is 5.55. The van der Waals surface area contributed by atoms with Crippen LogP contribution in [0.4, 0.5) is 0 Å². The Balaban J connectivity index is 2.41. The molecule has 1 aliphatic rings. The molecule has 0 spiro atoms. The number of hydrogen-bond acceptors (Lipinski definition) is 1. The fourth-order valence-corrected chi connectivity index (χ4v) is 2.39. The third-order valence-corrected chi connectivity index (χ3v) is 4.21. The van der Waals surface area contributed by atoms with Crippen molar-refractivity contribution < 1.29 is 0 Å². The van der Waals surface area contributed by atoms with Crippen LogP contribution in [0, 0.1) is 11.3 Å². The van der Waals surface area contributed by atoms with E-state index in [1.165, 1.54) is 12.0 Å². The number of hydrogen-bond donors (Lipinski definition) is 0. The van der Waals surface area contributed by atoms with Crippen LogP contribution in [0.2, 0.25) is 0 Å². The minimum Gasteiger partial charge on any atom is -0.248 e. The molecule has 100 valence electrons. The molecule has 1 aromatic rings. The first-order chi connectivity index (χ1) is 9.09. The van der Waals surface area contributed by atoms with Gasteiger partial charge in [-0.3, -0.25) is 0 Å². The minimum atomic E-state index is 0.121. The average Bonchev–Trinajstić information content (AvgIpc) is 2.59. The Bertz CT molecular complexity index is 537. The van der Waals surface area contributed by atoms with Crippen molar-refractivity contribution in [3.8, 4) is 0 Å². The van der Waals surface area contributed by atoms with Crippen LogP contribution in [0.5, 0.6) is 0 Å². The van der Waals surface area contributed by atoms with Crippen LogP contribution >= 0.6 is 0 Å². The summed E-state index contributed by atoms with van der Waals surface area (Å²) in [6, 6.07) is 4.23. The molecule has 0 saturated heterocycles. The lowest BCUT2D eigenvalue weighted by Crippen LogP contribution is -2.19. The lowest BCUT2D eigenvalue weighted by atomic mass is 9.76. The van der Waals surface area contributed by atoms with E-state index >= 15 is 0 Å². The van der Waals surface area contributed by atoms with Gasteiger partial charge in [0.15, 0.2) is 0 Å². The maximum Gasteiger partial charge on any atom is 0.0706 e. The minimum absolute atomic E-state index is 0.121. The predicted octanol–water partition coefficient (Wildman–Crippen LogP) is 5.21. The molecule has 1 aliphatic carbocycles. The first-order valence-electron chi connectivity index (χ1n) is 7.11. The Hall–Kier alpha value is -1.63. The van der Waals surface area contributed by atoms with Gasteiger partial charge in [-0.05, 0) is 36.6 Å². The molecule has 19 heavy (non-hydrogen) atoms. The second-order valence-corrected chi connectivity index (χ2v) is 5.55. The maximum absolute atomic E-state index is 4.69. The monoisotopic (exact) mass is 253 g/mol. The quantitative estimate of drug-likeness (QED) is 0.720. The topological polar surface area (TPSA) is 12.9 Å². The Morgan fingerprint density at radius 2 is 2.00 bits per heavy atom. The van der Waals surface area contributed by atoms with Crippen molar-refractivity contribution in [1.82, 2.24) is 4.98 Å². The maximum atomic E-state index is 4.69. The fraction of sp³-hybridized carbons (Fsp3) is 0.389. The van der Waals surface area contributed by atoms with E-state index in [1.54, 1.807) is 0 Å². The molecule has 1 aromatic heterocycles. The zero-order valence-corrected chi connectivity index (χ0v) is 12.4. The van der Waals surface area contributed by atoms with Crippen LogP contribution < -0.4 is 0 Å². The molecule has 1 heteroatoms. The van der Waals surface area contributed by atoms with Crippen LogP contribution in [0.3, 0.4) is 0 Å². The van der Waals surface area contributed by atoms with Crippen LogP contribution in [-0.2, 0) is 0 Å². The highest BCUT2D eigenvalue weighted by Crippen LogP contribution is 2.36. The van der Waals surface area contributed by atoms with Crippen molar-refractivity contribution in [3.63, 3.8) is 0 Å². The first kappa shape index (κ1) is 13.8. The molecular weight excluding hydrogens is 230 g/mol. The largest absolute Gasteiger partial charge is 0.248 e. The number of fused-ring (bicyclic) bond motifs is 1. The molecule has 0 amide bonds. The number of rotatable bonds is 3. The third kappa shape index (κ3) is 2.86. The lowest BCUT2D eigenvalue weighted by Gasteiger charge is -2.28. The van der Waals surface area contributed by atoms with E-state index in [0.717, 1.165) is 11.4 Å². The second kappa shape index (κ2) is 5.56. The highest BCUT2D eigenvalue weighted by Gasteiger charge is 2.25. The molecule has 0 bridgehead atoms. The van der Waals surface area contributed by atoms with E-state index in [2.05, 4.69) is 62.2 Å². The van der Waals surface area contributed by atoms with Gasteiger partial charge in [0.1, 0.15) is 0 Å². The van der Waals surface area contributed by atoms with Crippen molar-refractivity contribution in [1.29, 1.82) is 0 Å². The molecule has 0 radical (unpaired) electrons. The summed E-state index contributed by atoms with van der Waals surface area (Å²) in [4.78, 5) is 4.69. The first-order valence-corrected chi connectivity index (χ1v) is 7.11. The van der Waals surface area contributed by atoms with Crippen LogP contribution in [0.1, 0.15) is 51.1 Å². The van der Waals surface area contributed by atoms with Crippen molar-refractivity contribution in [3.05, 3.63) is 47.3 Å². The van der Waals surface area contributed by atoms with Crippen LogP contribution in [0.25, 0.3) is 18.2 Å². The Morgan fingerprint density at radius 1 is 1.26 bits per heavy atom. The molecule has 2 atom stereocenters. The van der Waals surface area contributed by atoms with Gasteiger partial charge in [0.05, 0.1) is 11.4 Å². The van der Waals surface area contributed by atoms with E-state index in [-0.39, 0.29) is 5.41 Å². The Morgan fingerprint density at radius 3 is 2.68 bits per heavy atom. The van der Waals surface area contributed by atoms with Gasteiger partial charge in [-0.1, -0.05) is 57.6 Å². The van der Waals surface area contributed by atoms with E-state index in [0.29, 0.717) is 5.92 Å². The number of pyridine rings is 1. The number of allylic oxidation sites excluding steroid dienone is 3. The molecule has 0 fully saturated rings. The van der Waals surface area contributed by atoms with E-state index < -0.39 is 0 Å². The highest BCUT2D eigenvalue weighted by molar-refractivity contribution is 5.67.